The van der Waals surface area contributed by atoms with E-state index in [1.165, 1.54) is 0 Å². The van der Waals surface area contributed by atoms with Crippen LogP contribution in [0.4, 0.5) is 0 Å². The minimum Gasteiger partial charge on any atom is -0.462 e. The van der Waals surface area contributed by atoms with Crippen molar-refractivity contribution in [2.75, 3.05) is 0 Å². The van der Waals surface area contributed by atoms with Crippen molar-refractivity contribution < 1.29 is 14.3 Å². The molecule has 2 aromatic rings. The Morgan fingerprint density at radius 1 is 1.05 bits per heavy atom. The summed E-state index contributed by atoms with van der Waals surface area (Å²) in [6.45, 7) is 0. The highest BCUT2D eigenvalue weighted by Crippen LogP contribution is 2.33. The van der Waals surface area contributed by atoms with Crippen molar-refractivity contribution in [2.24, 2.45) is 0 Å². The maximum atomic E-state index is 12.5. The van der Waals surface area contributed by atoms with E-state index >= 15 is 0 Å². The Morgan fingerprint density at radius 3 is 2.27 bits per heavy atom. The average molecular weight is 294 g/mol. The van der Waals surface area contributed by atoms with Crippen molar-refractivity contribution in [1.82, 2.24) is 0 Å². The van der Waals surface area contributed by atoms with Gasteiger partial charge in [-0.2, -0.15) is 0 Å². The molecular weight excluding hydrogens is 276 g/mol. The molecule has 1 heterocycles. The SMILES string of the molecule is O=C1CC[C@@H]([C@@H](CC(=O)c2ccccc2)c2ccccc2)O1. The predicted molar refractivity (Wildman–Crippen MR) is 83.7 cm³/mol. The molecule has 1 aliphatic rings. The third-order valence-corrected chi connectivity index (χ3v) is 4.09. The number of rotatable bonds is 5. The lowest BCUT2D eigenvalue weighted by Gasteiger charge is -2.22. The Morgan fingerprint density at radius 2 is 1.68 bits per heavy atom. The zero-order chi connectivity index (χ0) is 15.4. The van der Waals surface area contributed by atoms with Crippen LogP contribution in [0.2, 0.25) is 0 Å². The lowest BCUT2D eigenvalue weighted by molar-refractivity contribution is -0.142. The quantitative estimate of drug-likeness (QED) is 0.623. The standard InChI is InChI=1S/C19H18O3/c20-17(15-9-5-2-6-10-15)13-16(14-7-3-1-4-8-14)18-11-12-19(21)22-18/h1-10,16,18H,11-13H2/t16-,18-/m0/s1. The molecule has 3 heteroatoms. The first-order valence-electron chi connectivity index (χ1n) is 7.57. The van der Waals surface area contributed by atoms with Gasteiger partial charge in [0.1, 0.15) is 6.10 Å². The Bertz CT molecular complexity index is 649. The van der Waals surface area contributed by atoms with E-state index in [-0.39, 0.29) is 23.8 Å². The van der Waals surface area contributed by atoms with Gasteiger partial charge in [0.05, 0.1) is 0 Å². The lowest BCUT2D eigenvalue weighted by atomic mass is 9.86. The van der Waals surface area contributed by atoms with Gasteiger partial charge in [-0.25, -0.2) is 0 Å². The van der Waals surface area contributed by atoms with E-state index in [4.69, 9.17) is 4.74 Å². The fraction of sp³-hybridized carbons (Fsp3) is 0.263. The molecule has 22 heavy (non-hydrogen) atoms. The topological polar surface area (TPSA) is 43.4 Å². The van der Waals surface area contributed by atoms with Gasteiger partial charge in [-0.1, -0.05) is 60.7 Å². The molecule has 0 aromatic heterocycles. The maximum Gasteiger partial charge on any atom is 0.306 e. The van der Waals surface area contributed by atoms with Gasteiger partial charge in [0, 0.05) is 24.3 Å². The van der Waals surface area contributed by atoms with Crippen molar-refractivity contribution in [3.63, 3.8) is 0 Å². The van der Waals surface area contributed by atoms with Gasteiger partial charge in [-0.15, -0.1) is 0 Å². The van der Waals surface area contributed by atoms with Gasteiger partial charge in [-0.3, -0.25) is 9.59 Å². The number of Topliss-reactive ketones (excluding diaryl/α,β-unsaturated/α-hetero) is 1. The molecule has 1 saturated heterocycles. The van der Waals surface area contributed by atoms with E-state index in [0.29, 0.717) is 24.8 Å². The first-order valence-corrected chi connectivity index (χ1v) is 7.57. The van der Waals surface area contributed by atoms with E-state index in [1.54, 1.807) is 0 Å². The summed E-state index contributed by atoms with van der Waals surface area (Å²) in [5, 5.41) is 0. The molecule has 3 nitrogen and oxygen atoms in total. The van der Waals surface area contributed by atoms with Gasteiger partial charge >= 0.3 is 5.97 Å². The molecule has 1 aliphatic heterocycles. The summed E-state index contributed by atoms with van der Waals surface area (Å²) < 4.78 is 5.42. The van der Waals surface area contributed by atoms with Gasteiger partial charge in [-0.05, 0) is 12.0 Å². The molecule has 0 spiro atoms. The van der Waals surface area contributed by atoms with Gasteiger partial charge in [0.2, 0.25) is 0 Å². The maximum absolute atomic E-state index is 12.5. The minimum absolute atomic E-state index is 0.0809. The van der Waals surface area contributed by atoms with E-state index in [0.717, 1.165) is 5.56 Å². The molecule has 1 fully saturated rings. The molecule has 3 rings (SSSR count). The highest BCUT2D eigenvalue weighted by Gasteiger charge is 2.33. The third-order valence-electron chi connectivity index (χ3n) is 4.09. The number of ketones is 1. The van der Waals surface area contributed by atoms with Crippen LogP contribution in [0.5, 0.6) is 0 Å². The molecule has 0 saturated carbocycles. The number of cyclic esters (lactones) is 1. The highest BCUT2D eigenvalue weighted by molar-refractivity contribution is 5.96. The van der Waals surface area contributed by atoms with Crippen molar-refractivity contribution >= 4 is 11.8 Å². The molecule has 0 N–H and O–H groups in total. The number of ether oxygens (including phenoxy) is 1. The van der Waals surface area contributed by atoms with Crippen LogP contribution in [0, 0.1) is 0 Å². The Hall–Kier alpha value is -2.42. The average Bonchev–Trinajstić information content (AvgIpc) is 3.00. The lowest BCUT2D eigenvalue weighted by Crippen LogP contribution is -2.21. The van der Waals surface area contributed by atoms with Crippen LogP contribution < -0.4 is 0 Å². The zero-order valence-corrected chi connectivity index (χ0v) is 12.3. The van der Waals surface area contributed by atoms with Crippen LogP contribution in [0.3, 0.4) is 0 Å². The smallest absolute Gasteiger partial charge is 0.306 e. The predicted octanol–water partition coefficient (Wildman–Crippen LogP) is 3.75. The third kappa shape index (κ3) is 3.25. The van der Waals surface area contributed by atoms with Crippen LogP contribution in [0.15, 0.2) is 60.7 Å². The fourth-order valence-electron chi connectivity index (χ4n) is 2.94. The number of carbonyl (C=O) groups excluding carboxylic acids is 2. The summed E-state index contributed by atoms with van der Waals surface area (Å²) in [5.74, 6) is -0.171. The van der Waals surface area contributed by atoms with Crippen LogP contribution in [-0.2, 0) is 9.53 Å². The van der Waals surface area contributed by atoms with Gasteiger partial charge < -0.3 is 4.74 Å². The molecule has 0 bridgehead atoms. The molecule has 2 atom stereocenters. The summed E-state index contributed by atoms with van der Waals surface area (Å²) in [5.41, 5.74) is 1.75. The largest absolute Gasteiger partial charge is 0.462 e. The molecule has 0 radical (unpaired) electrons. The number of esters is 1. The zero-order valence-electron chi connectivity index (χ0n) is 12.3. The second kappa shape index (κ2) is 6.56. The Labute approximate surface area is 129 Å². The monoisotopic (exact) mass is 294 g/mol. The Kier molecular flexibility index (Phi) is 4.33. The molecule has 0 unspecified atom stereocenters. The van der Waals surface area contributed by atoms with Crippen LogP contribution in [0.25, 0.3) is 0 Å². The molecule has 0 amide bonds. The van der Waals surface area contributed by atoms with Crippen molar-refractivity contribution in [2.45, 2.75) is 31.3 Å². The number of hydrogen-bond donors (Lipinski definition) is 0. The van der Waals surface area contributed by atoms with E-state index in [2.05, 4.69) is 0 Å². The number of hydrogen-bond acceptors (Lipinski definition) is 3. The first kappa shape index (κ1) is 14.5. The van der Waals surface area contributed by atoms with Crippen molar-refractivity contribution in [3.8, 4) is 0 Å². The molecular formula is C19H18O3. The summed E-state index contributed by atoms with van der Waals surface area (Å²) in [6, 6.07) is 19.1. The van der Waals surface area contributed by atoms with Crippen molar-refractivity contribution in [3.05, 3.63) is 71.8 Å². The normalized spacial score (nSPS) is 18.7. The molecule has 0 aliphatic carbocycles. The van der Waals surface area contributed by atoms with Crippen LogP contribution in [0.1, 0.15) is 41.1 Å². The second-order valence-corrected chi connectivity index (χ2v) is 5.58. The Balaban J connectivity index is 1.83. The summed E-state index contributed by atoms with van der Waals surface area (Å²) in [6.07, 6.45) is 1.27. The highest BCUT2D eigenvalue weighted by atomic mass is 16.5. The minimum atomic E-state index is -0.206. The van der Waals surface area contributed by atoms with E-state index in [9.17, 15) is 9.59 Å². The second-order valence-electron chi connectivity index (χ2n) is 5.58. The van der Waals surface area contributed by atoms with Crippen LogP contribution >= 0.6 is 0 Å². The fourth-order valence-corrected chi connectivity index (χ4v) is 2.94. The molecule has 112 valence electrons. The van der Waals surface area contributed by atoms with E-state index in [1.807, 2.05) is 60.7 Å². The first-order chi connectivity index (χ1) is 10.7. The summed E-state index contributed by atoms with van der Waals surface area (Å²) >= 11 is 0. The summed E-state index contributed by atoms with van der Waals surface area (Å²) in [7, 11) is 0. The van der Waals surface area contributed by atoms with Gasteiger partial charge in [0.25, 0.3) is 0 Å². The molecule has 2 aromatic carbocycles. The van der Waals surface area contributed by atoms with E-state index < -0.39 is 0 Å². The number of benzene rings is 2. The van der Waals surface area contributed by atoms with Gasteiger partial charge in [0.15, 0.2) is 5.78 Å². The van der Waals surface area contributed by atoms with Crippen LogP contribution in [-0.4, -0.2) is 17.9 Å². The van der Waals surface area contributed by atoms with Crippen molar-refractivity contribution in [1.29, 1.82) is 0 Å². The number of carbonyl (C=O) groups is 2. The summed E-state index contributed by atoms with van der Waals surface area (Å²) in [4.78, 5) is 24.0.